The Kier molecular flexibility index (Phi) is 2.45. The van der Waals surface area contributed by atoms with Crippen LogP contribution in [-0.2, 0) is 4.79 Å². The molecule has 2 fully saturated rings. The lowest BCUT2D eigenvalue weighted by molar-refractivity contribution is -0.138. The van der Waals surface area contributed by atoms with E-state index in [0.29, 0.717) is 11.8 Å². The van der Waals surface area contributed by atoms with Gasteiger partial charge in [-0.3, -0.25) is 0 Å². The number of carbonyl (C=O) groups excluding carboxylic acids is 1. The standard InChI is InChI=1S/C13H22O2/c1-9-6-10-12(2,7-9)5-4-11(15)13(10,3)8-14/h8-11,15H,4-7H2,1-3H3. The topological polar surface area (TPSA) is 37.3 Å². The Labute approximate surface area is 92.1 Å². The smallest absolute Gasteiger partial charge is 0.128 e. The third-order valence-electron chi connectivity index (χ3n) is 5.01. The monoisotopic (exact) mass is 210 g/mol. The van der Waals surface area contributed by atoms with Gasteiger partial charge in [0.1, 0.15) is 6.29 Å². The number of fused-ring (bicyclic) bond motifs is 1. The summed E-state index contributed by atoms with van der Waals surface area (Å²) in [4.78, 5) is 11.3. The van der Waals surface area contributed by atoms with Crippen molar-refractivity contribution in [3.05, 3.63) is 0 Å². The molecule has 0 aromatic rings. The van der Waals surface area contributed by atoms with E-state index in [1.165, 1.54) is 6.42 Å². The summed E-state index contributed by atoms with van der Waals surface area (Å²) in [6.45, 7) is 6.51. The van der Waals surface area contributed by atoms with E-state index in [2.05, 4.69) is 13.8 Å². The maximum Gasteiger partial charge on any atom is 0.128 e. The third-order valence-corrected chi connectivity index (χ3v) is 5.01. The Morgan fingerprint density at radius 3 is 2.67 bits per heavy atom. The molecule has 0 spiro atoms. The molecule has 1 N–H and O–H groups in total. The molecule has 0 aliphatic heterocycles. The summed E-state index contributed by atoms with van der Waals surface area (Å²) in [6, 6.07) is 0. The Bertz CT molecular complexity index is 276. The van der Waals surface area contributed by atoms with Crippen molar-refractivity contribution in [2.75, 3.05) is 0 Å². The second-order valence-corrected chi connectivity index (χ2v) is 6.29. The van der Waals surface area contributed by atoms with E-state index in [-0.39, 0.29) is 5.41 Å². The normalized spacial score (nSPS) is 55.1. The Morgan fingerprint density at radius 1 is 1.40 bits per heavy atom. The second kappa shape index (κ2) is 3.31. The quantitative estimate of drug-likeness (QED) is 0.675. The lowest BCUT2D eigenvalue weighted by atomic mass is 9.56. The highest BCUT2D eigenvalue weighted by atomic mass is 16.3. The Balaban J connectivity index is 2.35. The summed E-state index contributed by atoms with van der Waals surface area (Å²) in [5.41, 5.74) is -0.216. The van der Waals surface area contributed by atoms with Crippen LogP contribution in [0.2, 0.25) is 0 Å². The number of aliphatic hydroxyl groups is 1. The van der Waals surface area contributed by atoms with Gasteiger partial charge in [0.15, 0.2) is 0 Å². The molecule has 0 amide bonds. The van der Waals surface area contributed by atoms with E-state index < -0.39 is 11.5 Å². The number of carbonyl (C=O) groups is 1. The molecule has 0 saturated heterocycles. The van der Waals surface area contributed by atoms with Gasteiger partial charge >= 0.3 is 0 Å². The van der Waals surface area contributed by atoms with Gasteiger partial charge in [0.25, 0.3) is 0 Å². The van der Waals surface area contributed by atoms with Crippen molar-refractivity contribution in [1.82, 2.24) is 0 Å². The molecule has 5 atom stereocenters. The molecule has 5 unspecified atom stereocenters. The van der Waals surface area contributed by atoms with Gasteiger partial charge in [-0.25, -0.2) is 0 Å². The van der Waals surface area contributed by atoms with E-state index in [9.17, 15) is 9.90 Å². The van der Waals surface area contributed by atoms with Gasteiger partial charge in [-0.15, -0.1) is 0 Å². The van der Waals surface area contributed by atoms with Gasteiger partial charge in [-0.1, -0.05) is 20.8 Å². The predicted octanol–water partition coefficient (Wildman–Crippen LogP) is 2.40. The minimum Gasteiger partial charge on any atom is -0.392 e. The van der Waals surface area contributed by atoms with Crippen molar-refractivity contribution in [3.63, 3.8) is 0 Å². The highest BCUT2D eigenvalue weighted by Crippen LogP contribution is 2.60. The average Bonchev–Trinajstić information content (AvgIpc) is 2.50. The Hall–Kier alpha value is -0.370. The van der Waals surface area contributed by atoms with Crippen LogP contribution in [0.1, 0.15) is 46.5 Å². The van der Waals surface area contributed by atoms with E-state index >= 15 is 0 Å². The van der Waals surface area contributed by atoms with Crippen LogP contribution in [-0.4, -0.2) is 17.5 Å². The number of rotatable bonds is 1. The van der Waals surface area contributed by atoms with E-state index in [0.717, 1.165) is 25.5 Å². The number of aldehydes is 1. The highest BCUT2D eigenvalue weighted by molar-refractivity contribution is 5.61. The van der Waals surface area contributed by atoms with Crippen molar-refractivity contribution in [2.45, 2.75) is 52.6 Å². The molecule has 2 rings (SSSR count). The lowest BCUT2D eigenvalue weighted by Gasteiger charge is -2.48. The zero-order valence-electron chi connectivity index (χ0n) is 9.99. The van der Waals surface area contributed by atoms with E-state index in [1.807, 2.05) is 6.92 Å². The average molecular weight is 210 g/mol. The Morgan fingerprint density at radius 2 is 2.07 bits per heavy atom. The molecule has 2 saturated carbocycles. The van der Waals surface area contributed by atoms with Crippen LogP contribution in [0.5, 0.6) is 0 Å². The fourth-order valence-electron chi connectivity index (χ4n) is 4.16. The van der Waals surface area contributed by atoms with Crippen LogP contribution in [0.3, 0.4) is 0 Å². The van der Waals surface area contributed by atoms with Crippen LogP contribution in [0, 0.1) is 22.7 Å². The molecule has 0 aromatic heterocycles. The van der Waals surface area contributed by atoms with Crippen molar-refractivity contribution >= 4 is 6.29 Å². The first-order chi connectivity index (χ1) is 6.92. The van der Waals surface area contributed by atoms with Crippen molar-refractivity contribution in [2.24, 2.45) is 22.7 Å². The summed E-state index contributed by atoms with van der Waals surface area (Å²) < 4.78 is 0. The number of aliphatic hydroxyl groups excluding tert-OH is 1. The first-order valence-corrected chi connectivity index (χ1v) is 6.07. The fourth-order valence-corrected chi connectivity index (χ4v) is 4.16. The number of hydrogen-bond acceptors (Lipinski definition) is 2. The second-order valence-electron chi connectivity index (χ2n) is 6.29. The molecule has 2 aliphatic rings. The number of hydrogen-bond donors (Lipinski definition) is 1. The van der Waals surface area contributed by atoms with Crippen LogP contribution >= 0.6 is 0 Å². The van der Waals surface area contributed by atoms with Crippen molar-refractivity contribution < 1.29 is 9.90 Å². The van der Waals surface area contributed by atoms with Gasteiger partial charge in [0.05, 0.1) is 11.5 Å². The van der Waals surface area contributed by atoms with Crippen LogP contribution in [0.4, 0.5) is 0 Å². The molecule has 2 aliphatic carbocycles. The minimum atomic E-state index is -0.502. The lowest BCUT2D eigenvalue weighted by Crippen LogP contribution is -2.50. The summed E-state index contributed by atoms with van der Waals surface area (Å²) in [5, 5.41) is 10.0. The molecular formula is C13H22O2. The third kappa shape index (κ3) is 1.45. The van der Waals surface area contributed by atoms with Gasteiger partial charge in [-0.05, 0) is 42.9 Å². The van der Waals surface area contributed by atoms with Crippen LogP contribution in [0.15, 0.2) is 0 Å². The molecule has 0 heterocycles. The van der Waals surface area contributed by atoms with Crippen molar-refractivity contribution in [3.8, 4) is 0 Å². The highest BCUT2D eigenvalue weighted by Gasteiger charge is 2.56. The molecule has 2 heteroatoms. The van der Waals surface area contributed by atoms with E-state index in [1.54, 1.807) is 0 Å². The summed E-state index contributed by atoms with van der Waals surface area (Å²) in [6.07, 6.45) is 4.76. The zero-order chi connectivity index (χ0) is 11.3. The van der Waals surface area contributed by atoms with Crippen LogP contribution < -0.4 is 0 Å². The van der Waals surface area contributed by atoms with E-state index in [4.69, 9.17) is 0 Å². The fraction of sp³-hybridized carbons (Fsp3) is 0.923. The van der Waals surface area contributed by atoms with Gasteiger partial charge in [0.2, 0.25) is 0 Å². The molecule has 15 heavy (non-hydrogen) atoms. The van der Waals surface area contributed by atoms with Gasteiger partial charge in [-0.2, -0.15) is 0 Å². The molecule has 0 radical (unpaired) electrons. The van der Waals surface area contributed by atoms with Gasteiger partial charge in [0, 0.05) is 0 Å². The minimum absolute atomic E-state index is 0.286. The van der Waals surface area contributed by atoms with Crippen LogP contribution in [0.25, 0.3) is 0 Å². The SMILES string of the molecule is CC1CC2C(C)(CCC(O)C2(C)C=O)C1. The first-order valence-electron chi connectivity index (χ1n) is 6.07. The first kappa shape index (κ1) is 11.1. The maximum atomic E-state index is 11.3. The van der Waals surface area contributed by atoms with Crippen molar-refractivity contribution in [1.29, 1.82) is 0 Å². The maximum absolute atomic E-state index is 11.3. The largest absolute Gasteiger partial charge is 0.392 e. The summed E-state index contributed by atoms with van der Waals surface area (Å²) in [7, 11) is 0. The molecule has 86 valence electrons. The molecular weight excluding hydrogens is 188 g/mol. The molecule has 0 aromatic carbocycles. The van der Waals surface area contributed by atoms with Gasteiger partial charge < -0.3 is 9.90 Å². The molecule has 2 nitrogen and oxygen atoms in total. The molecule has 0 bridgehead atoms. The summed E-state index contributed by atoms with van der Waals surface area (Å²) >= 11 is 0. The summed E-state index contributed by atoms with van der Waals surface area (Å²) in [5.74, 6) is 1.07. The zero-order valence-corrected chi connectivity index (χ0v) is 9.99. The predicted molar refractivity (Wildman–Crippen MR) is 59.4 cm³/mol.